The first-order chi connectivity index (χ1) is 9.41. The van der Waals surface area contributed by atoms with Gasteiger partial charge in [-0.2, -0.15) is 0 Å². The number of aromatic nitrogens is 1. The summed E-state index contributed by atoms with van der Waals surface area (Å²) in [6.45, 7) is 4.78. The largest absolute Gasteiger partial charge is 0.383 e. The maximum atomic E-state index is 12.5. The highest BCUT2D eigenvalue weighted by Gasteiger charge is 2.33. The first kappa shape index (κ1) is 14.2. The monoisotopic (exact) mass is 278 g/mol. The molecule has 2 rings (SSSR count). The number of rotatable bonds is 3. The van der Waals surface area contributed by atoms with Crippen LogP contribution in [0, 0.1) is 16.0 Å². The Kier molecular flexibility index (Phi) is 3.87. The standard InChI is InChI=1S/C13H18N4O3/c1-8(2)11-4-3-5-16(11)13(18)10-6-9(17(19)20)7-15-12(10)14/h6-8,11H,3-5H2,1-2H3,(H2,14,15). The number of amides is 1. The molecule has 2 N–H and O–H groups in total. The van der Waals surface area contributed by atoms with Crippen LogP contribution < -0.4 is 5.73 Å². The number of carbonyl (C=O) groups excluding carboxylic acids is 1. The Morgan fingerprint density at radius 1 is 1.60 bits per heavy atom. The van der Waals surface area contributed by atoms with Crippen molar-refractivity contribution < 1.29 is 9.72 Å². The van der Waals surface area contributed by atoms with Crippen molar-refractivity contribution in [3.63, 3.8) is 0 Å². The van der Waals surface area contributed by atoms with Crippen molar-refractivity contribution in [2.75, 3.05) is 12.3 Å². The zero-order chi connectivity index (χ0) is 14.9. The van der Waals surface area contributed by atoms with Crippen LogP contribution in [0.25, 0.3) is 0 Å². The molecule has 7 nitrogen and oxygen atoms in total. The fraction of sp³-hybridized carbons (Fsp3) is 0.538. The molecule has 1 atom stereocenters. The van der Waals surface area contributed by atoms with E-state index < -0.39 is 4.92 Å². The predicted octanol–water partition coefficient (Wildman–Crippen LogP) is 1.83. The van der Waals surface area contributed by atoms with Gasteiger partial charge >= 0.3 is 0 Å². The fourth-order valence-corrected chi connectivity index (χ4v) is 2.63. The van der Waals surface area contributed by atoms with Gasteiger partial charge in [0.05, 0.1) is 10.5 Å². The van der Waals surface area contributed by atoms with E-state index in [4.69, 9.17) is 5.73 Å². The summed E-state index contributed by atoms with van der Waals surface area (Å²) in [5, 5.41) is 10.8. The molecule has 1 aliphatic heterocycles. The molecule has 0 aliphatic carbocycles. The first-order valence-corrected chi connectivity index (χ1v) is 6.62. The van der Waals surface area contributed by atoms with Crippen LogP contribution in [0.4, 0.5) is 11.5 Å². The van der Waals surface area contributed by atoms with Crippen LogP contribution in [-0.2, 0) is 0 Å². The van der Waals surface area contributed by atoms with E-state index in [1.165, 1.54) is 6.07 Å². The van der Waals surface area contributed by atoms with Crippen molar-refractivity contribution in [2.45, 2.75) is 32.7 Å². The number of likely N-dealkylation sites (tertiary alicyclic amines) is 1. The molecule has 2 heterocycles. The van der Waals surface area contributed by atoms with Crippen molar-refractivity contribution >= 4 is 17.4 Å². The van der Waals surface area contributed by atoms with Gasteiger partial charge in [-0.05, 0) is 18.8 Å². The van der Waals surface area contributed by atoms with Gasteiger partial charge in [0.1, 0.15) is 12.0 Å². The molecule has 1 amide bonds. The summed E-state index contributed by atoms with van der Waals surface area (Å²) in [5.41, 5.74) is 5.60. The topological polar surface area (TPSA) is 102 Å². The number of nitrogens with two attached hydrogens (primary N) is 1. The van der Waals surface area contributed by atoms with E-state index >= 15 is 0 Å². The summed E-state index contributed by atoms with van der Waals surface area (Å²) >= 11 is 0. The summed E-state index contributed by atoms with van der Waals surface area (Å²) in [7, 11) is 0. The number of pyridine rings is 1. The molecule has 0 radical (unpaired) electrons. The van der Waals surface area contributed by atoms with E-state index in [2.05, 4.69) is 18.8 Å². The summed E-state index contributed by atoms with van der Waals surface area (Å²) in [4.78, 5) is 28.2. The van der Waals surface area contributed by atoms with Crippen LogP contribution in [0.5, 0.6) is 0 Å². The van der Waals surface area contributed by atoms with Crippen molar-refractivity contribution in [2.24, 2.45) is 5.92 Å². The smallest absolute Gasteiger partial charge is 0.288 e. The Bertz CT molecular complexity index is 544. The normalized spacial score (nSPS) is 18.6. The van der Waals surface area contributed by atoms with Gasteiger partial charge in [-0.25, -0.2) is 4.98 Å². The van der Waals surface area contributed by atoms with Gasteiger partial charge in [-0.1, -0.05) is 13.8 Å². The SMILES string of the molecule is CC(C)C1CCCN1C(=O)c1cc([N+](=O)[O-])cnc1N. The van der Waals surface area contributed by atoms with Crippen LogP contribution in [0.3, 0.4) is 0 Å². The third-order valence-corrected chi connectivity index (χ3v) is 3.67. The predicted molar refractivity (Wildman–Crippen MR) is 74.2 cm³/mol. The molecule has 1 unspecified atom stereocenters. The van der Waals surface area contributed by atoms with E-state index in [9.17, 15) is 14.9 Å². The molecule has 0 bridgehead atoms. The molecule has 0 spiro atoms. The van der Waals surface area contributed by atoms with Gasteiger partial charge in [0.25, 0.3) is 11.6 Å². The first-order valence-electron chi connectivity index (χ1n) is 6.62. The van der Waals surface area contributed by atoms with Crippen molar-refractivity contribution in [3.05, 3.63) is 27.9 Å². The Morgan fingerprint density at radius 3 is 2.90 bits per heavy atom. The number of nitrogen functional groups attached to an aromatic ring is 1. The van der Waals surface area contributed by atoms with Gasteiger partial charge in [0.2, 0.25) is 0 Å². The van der Waals surface area contributed by atoms with Gasteiger partial charge < -0.3 is 10.6 Å². The Hall–Kier alpha value is -2.18. The van der Waals surface area contributed by atoms with E-state index in [0.717, 1.165) is 19.0 Å². The number of hydrogen-bond donors (Lipinski definition) is 1. The number of anilines is 1. The Labute approximate surface area is 116 Å². The van der Waals surface area contributed by atoms with Crippen molar-refractivity contribution in [1.82, 2.24) is 9.88 Å². The van der Waals surface area contributed by atoms with Gasteiger partial charge in [-0.15, -0.1) is 0 Å². The fourth-order valence-electron chi connectivity index (χ4n) is 2.63. The second-order valence-corrected chi connectivity index (χ2v) is 5.34. The number of nitrogens with zero attached hydrogens (tertiary/aromatic N) is 3. The lowest BCUT2D eigenvalue weighted by Gasteiger charge is -2.27. The lowest BCUT2D eigenvalue weighted by Crippen LogP contribution is -2.38. The lowest BCUT2D eigenvalue weighted by molar-refractivity contribution is -0.385. The maximum Gasteiger partial charge on any atom is 0.288 e. The minimum atomic E-state index is -0.576. The molecular weight excluding hydrogens is 260 g/mol. The van der Waals surface area contributed by atoms with Gasteiger partial charge in [-0.3, -0.25) is 14.9 Å². The molecule has 1 aromatic rings. The second kappa shape index (κ2) is 5.44. The summed E-state index contributed by atoms with van der Waals surface area (Å²) in [6.07, 6.45) is 2.96. The molecule has 0 aromatic carbocycles. The van der Waals surface area contributed by atoms with Crippen LogP contribution in [0.15, 0.2) is 12.3 Å². The highest BCUT2D eigenvalue weighted by molar-refractivity contribution is 5.99. The third-order valence-electron chi connectivity index (χ3n) is 3.67. The van der Waals surface area contributed by atoms with E-state index in [1.54, 1.807) is 4.90 Å². The zero-order valence-corrected chi connectivity index (χ0v) is 11.6. The molecule has 20 heavy (non-hydrogen) atoms. The van der Waals surface area contributed by atoms with Crippen LogP contribution in [-0.4, -0.2) is 33.3 Å². The van der Waals surface area contributed by atoms with E-state index in [-0.39, 0.29) is 29.0 Å². The van der Waals surface area contributed by atoms with E-state index in [1.807, 2.05) is 0 Å². The molecule has 1 aromatic heterocycles. The molecule has 1 aliphatic rings. The average molecular weight is 278 g/mol. The second-order valence-electron chi connectivity index (χ2n) is 5.34. The molecule has 0 saturated carbocycles. The van der Waals surface area contributed by atoms with Gasteiger partial charge in [0, 0.05) is 18.7 Å². The zero-order valence-electron chi connectivity index (χ0n) is 11.6. The van der Waals surface area contributed by atoms with Crippen LogP contribution >= 0.6 is 0 Å². The summed E-state index contributed by atoms with van der Waals surface area (Å²) in [6, 6.07) is 1.36. The van der Waals surface area contributed by atoms with Crippen LogP contribution in [0.2, 0.25) is 0 Å². The third kappa shape index (κ3) is 2.56. The number of nitro groups is 1. The highest BCUT2D eigenvalue weighted by Crippen LogP contribution is 2.27. The minimum Gasteiger partial charge on any atom is -0.383 e. The minimum absolute atomic E-state index is 0.0370. The van der Waals surface area contributed by atoms with E-state index in [0.29, 0.717) is 12.5 Å². The van der Waals surface area contributed by atoms with Crippen molar-refractivity contribution in [1.29, 1.82) is 0 Å². The number of hydrogen-bond acceptors (Lipinski definition) is 5. The number of carbonyl (C=O) groups is 1. The lowest BCUT2D eigenvalue weighted by atomic mass is 10.0. The summed E-state index contributed by atoms with van der Waals surface area (Å²) < 4.78 is 0. The highest BCUT2D eigenvalue weighted by atomic mass is 16.6. The average Bonchev–Trinajstić information content (AvgIpc) is 2.87. The van der Waals surface area contributed by atoms with Crippen LogP contribution in [0.1, 0.15) is 37.0 Å². The summed E-state index contributed by atoms with van der Waals surface area (Å²) in [5.74, 6) is 0.110. The Balaban J connectivity index is 2.33. The molecule has 1 fully saturated rings. The quantitative estimate of drug-likeness (QED) is 0.671. The molecule has 1 saturated heterocycles. The van der Waals surface area contributed by atoms with Crippen molar-refractivity contribution in [3.8, 4) is 0 Å². The Morgan fingerprint density at radius 2 is 2.30 bits per heavy atom. The molecule has 108 valence electrons. The molecular formula is C13H18N4O3. The van der Waals surface area contributed by atoms with Gasteiger partial charge in [0.15, 0.2) is 0 Å². The maximum absolute atomic E-state index is 12.5. The molecule has 7 heteroatoms.